The molecule has 0 bridgehead atoms. The summed E-state index contributed by atoms with van der Waals surface area (Å²) in [6.45, 7) is 6.91. The Morgan fingerprint density at radius 3 is 2.44 bits per heavy atom. The molecule has 0 spiro atoms. The first-order chi connectivity index (χ1) is 16.3. The minimum Gasteiger partial charge on any atom is -0.378 e. The summed E-state index contributed by atoms with van der Waals surface area (Å²) in [7, 11) is -3.58. The van der Waals surface area contributed by atoms with E-state index in [0.29, 0.717) is 23.8 Å². The number of allylic oxidation sites excluding steroid dienone is 2. The minimum atomic E-state index is -3.58. The van der Waals surface area contributed by atoms with Gasteiger partial charge in [-0.1, -0.05) is 60.2 Å². The van der Waals surface area contributed by atoms with Crippen LogP contribution in [0, 0.1) is 26.7 Å². The van der Waals surface area contributed by atoms with Gasteiger partial charge in [-0.05, 0) is 85.5 Å². The quantitative estimate of drug-likeness (QED) is 0.435. The Bertz CT molecular complexity index is 1320. The maximum atomic E-state index is 13.1. The molecule has 2 aliphatic rings. The average molecular weight is 473 g/mol. The van der Waals surface area contributed by atoms with Crippen LogP contribution in [0.5, 0.6) is 0 Å². The lowest BCUT2D eigenvalue weighted by molar-refractivity contribution is 0.422. The number of fused-ring (bicyclic) bond motifs is 3. The van der Waals surface area contributed by atoms with Crippen LogP contribution in [0.15, 0.2) is 77.7 Å². The van der Waals surface area contributed by atoms with Crippen LogP contribution < -0.4 is 10.0 Å². The van der Waals surface area contributed by atoms with E-state index in [4.69, 9.17) is 0 Å². The second-order valence-corrected chi connectivity index (χ2v) is 11.4. The van der Waals surface area contributed by atoms with E-state index in [-0.39, 0.29) is 12.0 Å². The largest absolute Gasteiger partial charge is 0.378 e. The molecule has 3 aromatic rings. The summed E-state index contributed by atoms with van der Waals surface area (Å²) in [5, 5.41) is 3.77. The van der Waals surface area contributed by atoms with Crippen LogP contribution in [-0.2, 0) is 16.4 Å². The van der Waals surface area contributed by atoms with Crippen molar-refractivity contribution in [1.82, 2.24) is 4.72 Å². The lowest BCUT2D eigenvalue weighted by atomic mass is 9.75. The number of aryl methyl sites for hydroxylation is 3. The predicted octanol–water partition coefficient (Wildman–Crippen LogP) is 5.96. The highest BCUT2D eigenvalue weighted by Crippen LogP contribution is 2.51. The Balaban J connectivity index is 1.41. The Morgan fingerprint density at radius 1 is 0.971 bits per heavy atom. The molecule has 1 aliphatic heterocycles. The van der Waals surface area contributed by atoms with Gasteiger partial charge in [-0.15, -0.1) is 0 Å². The van der Waals surface area contributed by atoms with E-state index in [0.717, 1.165) is 23.2 Å². The molecule has 34 heavy (non-hydrogen) atoms. The van der Waals surface area contributed by atoms with Gasteiger partial charge in [0.1, 0.15) is 0 Å². The topological polar surface area (TPSA) is 58.2 Å². The number of rotatable bonds is 6. The molecule has 1 heterocycles. The van der Waals surface area contributed by atoms with E-state index in [9.17, 15) is 8.42 Å². The van der Waals surface area contributed by atoms with Gasteiger partial charge in [0, 0.05) is 18.2 Å². The Kier molecular flexibility index (Phi) is 6.09. The first-order valence-electron chi connectivity index (χ1n) is 12.0. The normalized spacial score (nSPS) is 21.1. The van der Waals surface area contributed by atoms with E-state index in [1.165, 1.54) is 22.3 Å². The van der Waals surface area contributed by atoms with E-state index in [2.05, 4.69) is 55.1 Å². The summed E-state index contributed by atoms with van der Waals surface area (Å²) >= 11 is 0. The monoisotopic (exact) mass is 472 g/mol. The average Bonchev–Trinajstić information content (AvgIpc) is 3.29. The summed E-state index contributed by atoms with van der Waals surface area (Å²) in [5.41, 5.74) is 8.49. The van der Waals surface area contributed by atoms with Crippen molar-refractivity contribution < 1.29 is 8.42 Å². The van der Waals surface area contributed by atoms with Gasteiger partial charge in [-0.3, -0.25) is 0 Å². The highest BCUT2D eigenvalue weighted by atomic mass is 32.2. The maximum absolute atomic E-state index is 13.1. The van der Waals surface area contributed by atoms with E-state index < -0.39 is 10.0 Å². The Morgan fingerprint density at radius 2 is 1.71 bits per heavy atom. The molecule has 176 valence electrons. The fraction of sp³-hybridized carbons (Fsp3) is 0.310. The van der Waals surface area contributed by atoms with Crippen LogP contribution in [-0.4, -0.2) is 15.0 Å². The van der Waals surface area contributed by atoms with Crippen LogP contribution in [0.2, 0.25) is 0 Å². The zero-order valence-corrected chi connectivity index (χ0v) is 20.8. The Hall–Kier alpha value is -2.89. The van der Waals surface area contributed by atoms with Gasteiger partial charge in [-0.2, -0.15) is 0 Å². The molecular formula is C29H32N2O2S. The highest BCUT2D eigenvalue weighted by molar-refractivity contribution is 7.89. The molecule has 4 nitrogen and oxygen atoms in total. The van der Waals surface area contributed by atoms with Gasteiger partial charge < -0.3 is 5.32 Å². The van der Waals surface area contributed by atoms with Crippen molar-refractivity contribution in [2.24, 2.45) is 5.92 Å². The predicted molar refractivity (Wildman–Crippen MR) is 139 cm³/mol. The fourth-order valence-electron chi connectivity index (χ4n) is 5.76. The van der Waals surface area contributed by atoms with E-state index in [1.54, 1.807) is 6.07 Å². The summed E-state index contributed by atoms with van der Waals surface area (Å²) in [4.78, 5) is 0.335. The maximum Gasteiger partial charge on any atom is 0.240 e. The number of benzene rings is 3. The number of hydrogen-bond acceptors (Lipinski definition) is 3. The summed E-state index contributed by atoms with van der Waals surface area (Å²) in [6, 6.07) is 20.2. The third-order valence-electron chi connectivity index (χ3n) is 7.24. The SMILES string of the molecule is Cc1cc(C)c(C2Nc3ccc(S(=O)(=O)NCCc4ccccc4)cc3C3C=CCC32)c(C)c1. The third kappa shape index (κ3) is 4.30. The molecular weight excluding hydrogens is 440 g/mol. The second-order valence-electron chi connectivity index (χ2n) is 9.67. The number of anilines is 1. The summed E-state index contributed by atoms with van der Waals surface area (Å²) < 4.78 is 28.9. The molecule has 0 radical (unpaired) electrons. The molecule has 5 heteroatoms. The second kappa shape index (κ2) is 9.05. The first kappa shape index (κ1) is 22.9. The zero-order chi connectivity index (χ0) is 23.9. The fourth-order valence-corrected chi connectivity index (χ4v) is 6.83. The van der Waals surface area contributed by atoms with Crippen LogP contribution in [0.4, 0.5) is 5.69 Å². The van der Waals surface area contributed by atoms with Crippen LogP contribution in [0.1, 0.15) is 51.8 Å². The lowest BCUT2D eigenvalue weighted by Gasteiger charge is -2.39. The third-order valence-corrected chi connectivity index (χ3v) is 8.70. The molecule has 3 unspecified atom stereocenters. The molecule has 0 aromatic heterocycles. The minimum absolute atomic E-state index is 0.208. The molecule has 1 aliphatic carbocycles. The van der Waals surface area contributed by atoms with Crippen molar-refractivity contribution in [3.8, 4) is 0 Å². The van der Waals surface area contributed by atoms with Crippen LogP contribution in [0.25, 0.3) is 0 Å². The highest BCUT2D eigenvalue weighted by Gasteiger charge is 2.39. The van der Waals surface area contributed by atoms with Crippen molar-refractivity contribution in [3.05, 3.63) is 106 Å². The lowest BCUT2D eigenvalue weighted by Crippen LogP contribution is -2.31. The summed E-state index contributed by atoms with van der Waals surface area (Å²) in [5.74, 6) is 0.581. The zero-order valence-electron chi connectivity index (χ0n) is 20.0. The molecule has 0 amide bonds. The van der Waals surface area contributed by atoms with Gasteiger partial charge in [0.2, 0.25) is 10.0 Å². The number of sulfonamides is 1. The number of nitrogens with one attached hydrogen (secondary N) is 2. The molecule has 3 aromatic carbocycles. The van der Waals surface area contributed by atoms with E-state index in [1.807, 2.05) is 42.5 Å². The van der Waals surface area contributed by atoms with Gasteiger partial charge in [-0.25, -0.2) is 13.1 Å². The Labute approximate surface area is 203 Å². The molecule has 5 rings (SSSR count). The van der Waals surface area contributed by atoms with Gasteiger partial charge in [0.15, 0.2) is 0 Å². The molecule has 2 N–H and O–H groups in total. The van der Waals surface area contributed by atoms with Crippen molar-refractivity contribution in [2.75, 3.05) is 11.9 Å². The van der Waals surface area contributed by atoms with Crippen molar-refractivity contribution in [1.29, 1.82) is 0 Å². The molecule has 0 fully saturated rings. The number of hydrogen-bond donors (Lipinski definition) is 2. The standard InChI is InChI=1S/C29H32N2O2S/c1-19-16-20(2)28(21(3)17-19)29-25-11-7-10-24(25)26-18-23(12-13-27(26)31-29)34(32,33)30-15-14-22-8-5-4-6-9-22/h4-10,12-13,16-18,24-25,29-31H,11,14-15H2,1-3H3. The van der Waals surface area contributed by atoms with Crippen LogP contribution >= 0.6 is 0 Å². The van der Waals surface area contributed by atoms with Crippen molar-refractivity contribution >= 4 is 15.7 Å². The first-order valence-corrected chi connectivity index (χ1v) is 13.5. The van der Waals surface area contributed by atoms with Crippen molar-refractivity contribution in [3.63, 3.8) is 0 Å². The molecule has 0 saturated carbocycles. The van der Waals surface area contributed by atoms with Gasteiger partial charge >= 0.3 is 0 Å². The van der Waals surface area contributed by atoms with Gasteiger partial charge in [0.25, 0.3) is 0 Å². The smallest absolute Gasteiger partial charge is 0.240 e. The molecule has 0 saturated heterocycles. The van der Waals surface area contributed by atoms with E-state index >= 15 is 0 Å². The molecule has 3 atom stereocenters. The van der Waals surface area contributed by atoms with Crippen molar-refractivity contribution in [2.45, 2.75) is 50.5 Å². The van der Waals surface area contributed by atoms with Gasteiger partial charge in [0.05, 0.1) is 10.9 Å². The van der Waals surface area contributed by atoms with Crippen LogP contribution in [0.3, 0.4) is 0 Å². The summed E-state index contributed by atoms with van der Waals surface area (Å²) in [6.07, 6.45) is 6.16.